The quantitative estimate of drug-likeness (QED) is 0.171. The third-order valence-electron chi connectivity index (χ3n) is 9.67. The molecule has 0 aromatic heterocycles. The molecule has 0 radical (unpaired) electrons. The van der Waals surface area contributed by atoms with Crippen molar-refractivity contribution in [1.29, 1.82) is 0 Å². The molecule has 0 aliphatic carbocycles. The number of fused-ring (bicyclic) bond motifs is 3. The molecule has 0 amide bonds. The molecule has 0 nitrogen and oxygen atoms in total. The molecule has 0 aliphatic heterocycles. The molecule has 9 aromatic carbocycles. The molecule has 0 unspecified atom stereocenters. The Kier molecular flexibility index (Phi) is 6.91. The van der Waals surface area contributed by atoms with Crippen LogP contribution in [-0.4, -0.2) is 0 Å². The first kappa shape index (κ1) is 28.0. The van der Waals surface area contributed by atoms with Crippen LogP contribution in [0.15, 0.2) is 194 Å². The van der Waals surface area contributed by atoms with Gasteiger partial charge in [-0.15, -0.1) is 0 Å². The van der Waals surface area contributed by atoms with E-state index in [1.807, 2.05) is 0 Å². The van der Waals surface area contributed by atoms with Crippen molar-refractivity contribution in [3.63, 3.8) is 0 Å². The van der Waals surface area contributed by atoms with Crippen molar-refractivity contribution in [3.05, 3.63) is 194 Å². The molecular formula is C48H32. The van der Waals surface area contributed by atoms with Gasteiger partial charge in [-0.3, -0.25) is 0 Å². The summed E-state index contributed by atoms with van der Waals surface area (Å²) >= 11 is 0. The van der Waals surface area contributed by atoms with E-state index in [1.54, 1.807) is 0 Å². The maximum absolute atomic E-state index is 2.36. The van der Waals surface area contributed by atoms with Gasteiger partial charge >= 0.3 is 0 Å². The van der Waals surface area contributed by atoms with Crippen LogP contribution in [0.5, 0.6) is 0 Å². The summed E-state index contributed by atoms with van der Waals surface area (Å²) in [5.74, 6) is 0. The zero-order valence-electron chi connectivity index (χ0n) is 26.5. The normalized spacial score (nSPS) is 11.3. The Labute approximate surface area is 281 Å². The van der Waals surface area contributed by atoms with Gasteiger partial charge in [0.15, 0.2) is 0 Å². The monoisotopic (exact) mass is 608 g/mol. The Morgan fingerprint density at radius 1 is 0.188 bits per heavy atom. The summed E-state index contributed by atoms with van der Waals surface area (Å²) in [6.45, 7) is 0. The van der Waals surface area contributed by atoms with Gasteiger partial charge in [0.25, 0.3) is 0 Å². The standard InChI is InChI=1S/C48H32/c1-3-11-33(12-4-1)35-19-21-36(22-20-35)37-23-25-38(26-24-37)47-43-15-7-9-17-45(43)48(46-18-10-8-16-44(46)47)42-30-29-40-31-39(27-28-41(40)32-42)34-13-5-2-6-14-34/h1-32H. The highest BCUT2D eigenvalue weighted by Gasteiger charge is 2.17. The molecule has 0 heterocycles. The smallest absolute Gasteiger partial charge is 0.00262 e. The molecule has 0 saturated carbocycles. The van der Waals surface area contributed by atoms with Crippen molar-refractivity contribution < 1.29 is 0 Å². The number of hydrogen-bond acceptors (Lipinski definition) is 0. The summed E-state index contributed by atoms with van der Waals surface area (Å²) in [4.78, 5) is 0. The Morgan fingerprint density at radius 2 is 0.479 bits per heavy atom. The van der Waals surface area contributed by atoms with Crippen molar-refractivity contribution in [1.82, 2.24) is 0 Å². The van der Waals surface area contributed by atoms with Crippen molar-refractivity contribution in [2.24, 2.45) is 0 Å². The zero-order valence-corrected chi connectivity index (χ0v) is 26.5. The van der Waals surface area contributed by atoms with Crippen LogP contribution in [0.1, 0.15) is 0 Å². The van der Waals surface area contributed by atoms with Gasteiger partial charge in [0.1, 0.15) is 0 Å². The summed E-state index contributed by atoms with van der Waals surface area (Å²) in [5.41, 5.74) is 12.4. The van der Waals surface area contributed by atoms with E-state index in [9.17, 15) is 0 Å². The summed E-state index contributed by atoms with van der Waals surface area (Å²) in [6.07, 6.45) is 0. The van der Waals surface area contributed by atoms with Gasteiger partial charge in [-0.1, -0.05) is 182 Å². The first-order valence-electron chi connectivity index (χ1n) is 16.6. The lowest BCUT2D eigenvalue weighted by Gasteiger charge is -2.18. The molecule has 0 N–H and O–H groups in total. The fourth-order valence-corrected chi connectivity index (χ4v) is 7.28. The molecular weight excluding hydrogens is 577 g/mol. The summed E-state index contributed by atoms with van der Waals surface area (Å²) in [6, 6.07) is 70.7. The molecule has 48 heavy (non-hydrogen) atoms. The van der Waals surface area contributed by atoms with E-state index in [-0.39, 0.29) is 0 Å². The molecule has 0 heteroatoms. The Hall–Kier alpha value is -6.24. The van der Waals surface area contributed by atoms with E-state index in [1.165, 1.54) is 88.0 Å². The van der Waals surface area contributed by atoms with E-state index in [0.717, 1.165) is 0 Å². The SMILES string of the molecule is c1ccc(-c2ccc(-c3ccc(-c4c5ccccc5c(-c5ccc6cc(-c7ccccc7)ccc6c5)c5ccccc45)cc3)cc2)cc1. The molecule has 9 rings (SSSR count). The third-order valence-corrected chi connectivity index (χ3v) is 9.67. The highest BCUT2D eigenvalue weighted by atomic mass is 14.2. The van der Waals surface area contributed by atoms with E-state index < -0.39 is 0 Å². The highest BCUT2D eigenvalue weighted by Crippen LogP contribution is 2.44. The van der Waals surface area contributed by atoms with Crippen LogP contribution in [0.25, 0.3) is 88.0 Å². The molecule has 0 atom stereocenters. The Morgan fingerprint density at radius 3 is 0.938 bits per heavy atom. The van der Waals surface area contributed by atoms with E-state index in [2.05, 4.69) is 194 Å². The molecule has 0 aliphatic rings. The van der Waals surface area contributed by atoms with E-state index in [0.29, 0.717) is 0 Å². The maximum Gasteiger partial charge on any atom is -0.00262 e. The number of rotatable bonds is 5. The third kappa shape index (κ3) is 4.96. The van der Waals surface area contributed by atoms with Crippen LogP contribution in [-0.2, 0) is 0 Å². The molecule has 0 spiro atoms. The molecule has 0 bridgehead atoms. The zero-order chi connectivity index (χ0) is 31.9. The average Bonchev–Trinajstić information content (AvgIpc) is 3.17. The summed E-state index contributed by atoms with van der Waals surface area (Å²) in [7, 11) is 0. The fourth-order valence-electron chi connectivity index (χ4n) is 7.28. The van der Waals surface area contributed by atoms with Crippen molar-refractivity contribution in [3.8, 4) is 55.6 Å². The van der Waals surface area contributed by atoms with Crippen LogP contribution in [0.4, 0.5) is 0 Å². The second-order valence-electron chi connectivity index (χ2n) is 12.5. The summed E-state index contributed by atoms with van der Waals surface area (Å²) < 4.78 is 0. The lowest BCUT2D eigenvalue weighted by Crippen LogP contribution is -1.91. The van der Waals surface area contributed by atoms with Crippen molar-refractivity contribution in [2.75, 3.05) is 0 Å². The Balaban J connectivity index is 1.14. The van der Waals surface area contributed by atoms with Crippen molar-refractivity contribution in [2.45, 2.75) is 0 Å². The van der Waals surface area contributed by atoms with Crippen LogP contribution >= 0.6 is 0 Å². The van der Waals surface area contributed by atoms with Gasteiger partial charge in [0.05, 0.1) is 0 Å². The van der Waals surface area contributed by atoms with Gasteiger partial charge in [-0.2, -0.15) is 0 Å². The predicted molar refractivity (Wildman–Crippen MR) is 206 cm³/mol. The van der Waals surface area contributed by atoms with Gasteiger partial charge in [0, 0.05) is 0 Å². The summed E-state index contributed by atoms with van der Waals surface area (Å²) in [5, 5.41) is 7.58. The van der Waals surface area contributed by atoms with Gasteiger partial charge in [-0.05, 0) is 100 Å². The minimum Gasteiger partial charge on any atom is -0.0622 e. The molecule has 9 aromatic rings. The molecule has 0 fully saturated rings. The van der Waals surface area contributed by atoms with Crippen molar-refractivity contribution >= 4 is 32.3 Å². The van der Waals surface area contributed by atoms with Gasteiger partial charge in [0.2, 0.25) is 0 Å². The van der Waals surface area contributed by atoms with Crippen LogP contribution < -0.4 is 0 Å². The largest absolute Gasteiger partial charge is 0.0622 e. The minimum atomic E-state index is 1.22. The van der Waals surface area contributed by atoms with E-state index in [4.69, 9.17) is 0 Å². The fraction of sp³-hybridized carbons (Fsp3) is 0. The lowest BCUT2D eigenvalue weighted by molar-refractivity contribution is 1.59. The topological polar surface area (TPSA) is 0 Å². The maximum atomic E-state index is 2.36. The predicted octanol–water partition coefficient (Wildman–Crippen LogP) is 13.5. The average molecular weight is 609 g/mol. The molecule has 224 valence electrons. The lowest BCUT2D eigenvalue weighted by atomic mass is 9.85. The number of benzene rings is 9. The first-order valence-corrected chi connectivity index (χ1v) is 16.6. The second kappa shape index (κ2) is 11.8. The van der Waals surface area contributed by atoms with Crippen LogP contribution in [0.3, 0.4) is 0 Å². The minimum absolute atomic E-state index is 1.22. The second-order valence-corrected chi connectivity index (χ2v) is 12.5. The highest BCUT2D eigenvalue weighted by molar-refractivity contribution is 6.21. The van der Waals surface area contributed by atoms with Crippen LogP contribution in [0.2, 0.25) is 0 Å². The van der Waals surface area contributed by atoms with Gasteiger partial charge in [-0.25, -0.2) is 0 Å². The number of hydrogen-bond donors (Lipinski definition) is 0. The van der Waals surface area contributed by atoms with Gasteiger partial charge < -0.3 is 0 Å². The van der Waals surface area contributed by atoms with Crippen LogP contribution in [0, 0.1) is 0 Å². The molecule has 0 saturated heterocycles. The van der Waals surface area contributed by atoms with E-state index >= 15 is 0 Å². The first-order chi connectivity index (χ1) is 23.8. The Bertz CT molecular complexity index is 2500.